The van der Waals surface area contributed by atoms with Crippen molar-refractivity contribution in [1.29, 1.82) is 0 Å². The van der Waals surface area contributed by atoms with E-state index in [0.717, 1.165) is 12.8 Å². The van der Waals surface area contributed by atoms with Crippen LogP contribution in [0.3, 0.4) is 0 Å². The van der Waals surface area contributed by atoms with E-state index in [9.17, 15) is 22.8 Å². The molecule has 1 aliphatic rings. The van der Waals surface area contributed by atoms with Crippen molar-refractivity contribution in [2.75, 3.05) is 6.54 Å². The number of rotatable bonds is 4. The Hall–Kier alpha value is -1.31. The maximum atomic E-state index is 12.8. The third-order valence-electron chi connectivity index (χ3n) is 3.92. The first-order valence-electron chi connectivity index (χ1n) is 6.45. The topological polar surface area (TPSA) is 92.4 Å². The molecule has 0 aromatic rings. The van der Waals surface area contributed by atoms with E-state index >= 15 is 0 Å². The van der Waals surface area contributed by atoms with Crippen LogP contribution in [-0.2, 0) is 9.59 Å². The zero-order valence-electron chi connectivity index (χ0n) is 11.2. The second-order valence-corrected chi connectivity index (χ2v) is 5.30. The zero-order chi connectivity index (χ0) is 15.6. The molecule has 0 heterocycles. The maximum absolute atomic E-state index is 12.8. The molecule has 0 aromatic carbocycles. The van der Waals surface area contributed by atoms with E-state index in [2.05, 4.69) is 0 Å². The van der Waals surface area contributed by atoms with Gasteiger partial charge in [-0.05, 0) is 32.2 Å². The Morgan fingerprint density at radius 1 is 1.30 bits per heavy atom. The number of carbonyl (C=O) groups is 2. The minimum atomic E-state index is -5.07. The van der Waals surface area contributed by atoms with Crippen LogP contribution in [0.25, 0.3) is 0 Å². The number of amides is 1. The molecule has 4 N–H and O–H groups in total. The molecular formula is C12H19F3N2O3. The van der Waals surface area contributed by atoms with Gasteiger partial charge in [-0.15, -0.1) is 0 Å². The van der Waals surface area contributed by atoms with E-state index in [4.69, 9.17) is 10.8 Å². The van der Waals surface area contributed by atoms with Crippen LogP contribution in [0.15, 0.2) is 0 Å². The molecule has 0 radical (unpaired) electrons. The fourth-order valence-electron chi connectivity index (χ4n) is 2.42. The predicted molar refractivity (Wildman–Crippen MR) is 64.7 cm³/mol. The molecule has 1 amide bonds. The Morgan fingerprint density at radius 2 is 1.85 bits per heavy atom. The first-order chi connectivity index (χ1) is 9.13. The van der Waals surface area contributed by atoms with Gasteiger partial charge in [-0.1, -0.05) is 12.8 Å². The molecule has 1 aliphatic carbocycles. The molecule has 0 spiro atoms. The molecule has 1 fully saturated rings. The van der Waals surface area contributed by atoms with Crippen molar-refractivity contribution in [3.05, 3.63) is 0 Å². The third kappa shape index (κ3) is 3.23. The summed E-state index contributed by atoms with van der Waals surface area (Å²) < 4.78 is 38.5. The number of hydrogen-bond acceptors (Lipinski definition) is 3. The summed E-state index contributed by atoms with van der Waals surface area (Å²) in [5.41, 5.74) is 2.25. The number of carbonyl (C=O) groups excluding carboxylic acids is 1. The van der Waals surface area contributed by atoms with Crippen LogP contribution in [0.5, 0.6) is 0 Å². The smallest absolute Gasteiger partial charge is 0.422 e. The van der Waals surface area contributed by atoms with Crippen LogP contribution in [0.4, 0.5) is 13.2 Å². The second kappa shape index (κ2) is 5.99. The lowest BCUT2D eigenvalue weighted by molar-refractivity contribution is -0.207. The molecule has 0 aromatic heterocycles. The molecule has 3 unspecified atom stereocenters. The summed E-state index contributed by atoms with van der Waals surface area (Å²) in [7, 11) is 0. The minimum Gasteiger partial charge on any atom is -0.479 e. The summed E-state index contributed by atoms with van der Waals surface area (Å²) in [6.07, 6.45) is -2.36. The summed E-state index contributed by atoms with van der Waals surface area (Å²) in [4.78, 5) is 22.9. The van der Waals surface area contributed by atoms with Gasteiger partial charge >= 0.3 is 12.1 Å². The molecule has 3 atom stereocenters. The summed E-state index contributed by atoms with van der Waals surface area (Å²) >= 11 is 0. The number of hydrogen-bond donors (Lipinski definition) is 3. The van der Waals surface area contributed by atoms with Crippen molar-refractivity contribution in [2.24, 2.45) is 17.6 Å². The lowest BCUT2D eigenvalue weighted by Gasteiger charge is -2.34. The molecule has 5 nitrogen and oxygen atoms in total. The van der Waals surface area contributed by atoms with Gasteiger partial charge in [0.25, 0.3) is 0 Å². The van der Waals surface area contributed by atoms with Gasteiger partial charge in [0.1, 0.15) is 0 Å². The quantitative estimate of drug-likeness (QED) is 0.728. The highest BCUT2D eigenvalue weighted by Gasteiger charge is 2.59. The Bertz CT molecular complexity index is 387. The van der Waals surface area contributed by atoms with Gasteiger partial charge in [0.2, 0.25) is 11.4 Å². The molecule has 0 aliphatic heterocycles. The summed E-state index contributed by atoms with van der Waals surface area (Å²) in [6, 6.07) is 0. The van der Waals surface area contributed by atoms with E-state index in [1.165, 1.54) is 0 Å². The number of aliphatic carboxylic acids is 1. The zero-order valence-corrected chi connectivity index (χ0v) is 11.2. The monoisotopic (exact) mass is 296 g/mol. The van der Waals surface area contributed by atoms with Crippen molar-refractivity contribution in [3.8, 4) is 0 Å². The van der Waals surface area contributed by atoms with Crippen LogP contribution < -0.4 is 11.1 Å². The van der Waals surface area contributed by atoms with E-state index in [1.807, 2.05) is 0 Å². The van der Waals surface area contributed by atoms with Gasteiger partial charge < -0.3 is 16.2 Å². The number of nitrogens with two attached hydrogens (primary N) is 1. The Balaban J connectivity index is 2.89. The second-order valence-electron chi connectivity index (χ2n) is 5.30. The molecule has 1 saturated carbocycles. The summed E-state index contributed by atoms with van der Waals surface area (Å²) in [5, 5.41) is 10.4. The molecular weight excluding hydrogens is 277 g/mol. The number of carboxylic acid groups (broad SMARTS) is 1. The van der Waals surface area contributed by atoms with Crippen molar-refractivity contribution in [3.63, 3.8) is 0 Å². The summed E-state index contributed by atoms with van der Waals surface area (Å²) in [6.45, 7) is 0.654. The highest BCUT2D eigenvalue weighted by molar-refractivity contribution is 5.88. The Kier molecular flexibility index (Phi) is 5.01. The largest absolute Gasteiger partial charge is 0.479 e. The van der Waals surface area contributed by atoms with Crippen LogP contribution in [-0.4, -0.2) is 35.2 Å². The maximum Gasteiger partial charge on any atom is 0.422 e. The average Bonchev–Trinajstić information content (AvgIpc) is 2.36. The Labute approximate surface area is 114 Å². The van der Waals surface area contributed by atoms with Gasteiger partial charge in [-0.25, -0.2) is 4.79 Å². The van der Waals surface area contributed by atoms with Crippen molar-refractivity contribution < 1.29 is 27.9 Å². The SMILES string of the molecule is CC(NC(=O)C1CCCCC1CN)(C(=O)O)C(F)(F)F. The van der Waals surface area contributed by atoms with E-state index < -0.39 is 29.5 Å². The number of nitrogens with one attached hydrogen (secondary N) is 1. The number of alkyl halides is 3. The molecule has 0 bridgehead atoms. The lowest BCUT2D eigenvalue weighted by atomic mass is 9.78. The minimum absolute atomic E-state index is 0.199. The lowest BCUT2D eigenvalue weighted by Crippen LogP contribution is -2.63. The van der Waals surface area contributed by atoms with Crippen molar-refractivity contribution in [1.82, 2.24) is 5.32 Å². The first kappa shape index (κ1) is 16.7. The van der Waals surface area contributed by atoms with Gasteiger partial charge in [0, 0.05) is 5.92 Å². The highest BCUT2D eigenvalue weighted by atomic mass is 19.4. The predicted octanol–water partition coefficient (Wildman–Crippen LogP) is 1.27. The highest BCUT2D eigenvalue weighted by Crippen LogP contribution is 2.33. The van der Waals surface area contributed by atoms with Crippen LogP contribution >= 0.6 is 0 Å². The molecule has 116 valence electrons. The Morgan fingerprint density at radius 3 is 2.30 bits per heavy atom. The third-order valence-corrected chi connectivity index (χ3v) is 3.92. The normalized spacial score (nSPS) is 26.6. The van der Waals surface area contributed by atoms with Gasteiger partial charge in [-0.2, -0.15) is 13.2 Å². The number of carboxylic acids is 1. The van der Waals surface area contributed by atoms with Crippen LogP contribution in [0.2, 0.25) is 0 Å². The average molecular weight is 296 g/mol. The van der Waals surface area contributed by atoms with Gasteiger partial charge in [0.05, 0.1) is 0 Å². The van der Waals surface area contributed by atoms with Gasteiger partial charge in [0.15, 0.2) is 0 Å². The van der Waals surface area contributed by atoms with E-state index in [-0.39, 0.29) is 12.5 Å². The van der Waals surface area contributed by atoms with Gasteiger partial charge in [-0.3, -0.25) is 4.79 Å². The molecule has 20 heavy (non-hydrogen) atoms. The molecule has 1 rings (SSSR count). The fraction of sp³-hybridized carbons (Fsp3) is 0.833. The number of halogens is 3. The molecule has 0 saturated heterocycles. The van der Waals surface area contributed by atoms with Crippen LogP contribution in [0.1, 0.15) is 32.6 Å². The van der Waals surface area contributed by atoms with Crippen molar-refractivity contribution in [2.45, 2.75) is 44.3 Å². The molecule has 8 heteroatoms. The van der Waals surface area contributed by atoms with E-state index in [1.54, 1.807) is 5.32 Å². The standard InChI is InChI=1S/C12H19F3N2O3/c1-11(10(19)20,12(13,14)15)17-9(18)8-5-3-2-4-7(8)6-16/h7-8H,2-6,16H2,1H3,(H,17,18)(H,19,20). The fourth-order valence-corrected chi connectivity index (χ4v) is 2.42. The van der Waals surface area contributed by atoms with Crippen molar-refractivity contribution >= 4 is 11.9 Å². The van der Waals surface area contributed by atoms with E-state index in [0.29, 0.717) is 19.8 Å². The summed E-state index contributed by atoms with van der Waals surface area (Å²) in [5.74, 6) is -3.87. The van der Waals surface area contributed by atoms with Crippen LogP contribution in [0, 0.1) is 11.8 Å². The first-order valence-corrected chi connectivity index (χ1v) is 6.45.